The van der Waals surface area contributed by atoms with Crippen molar-refractivity contribution in [2.75, 3.05) is 0 Å². The van der Waals surface area contributed by atoms with E-state index in [9.17, 15) is 8.42 Å². The summed E-state index contributed by atoms with van der Waals surface area (Å²) >= 11 is 11.9. The summed E-state index contributed by atoms with van der Waals surface area (Å²) in [5.41, 5.74) is 0.568. The van der Waals surface area contributed by atoms with E-state index in [1.54, 1.807) is 36.4 Å². The predicted octanol–water partition coefficient (Wildman–Crippen LogP) is 4.09. The smallest absolute Gasteiger partial charge is 0.236 e. The first-order chi connectivity index (χ1) is 10.5. The molecule has 7 heteroatoms. The van der Waals surface area contributed by atoms with Gasteiger partial charge in [-0.2, -0.15) is 0 Å². The lowest BCUT2D eigenvalue weighted by molar-refractivity contribution is 0.588. The Hall–Kier alpha value is -1.82. The van der Waals surface area contributed by atoms with Gasteiger partial charge >= 0.3 is 0 Å². The molecule has 0 fully saturated rings. The van der Waals surface area contributed by atoms with Crippen molar-refractivity contribution in [3.63, 3.8) is 0 Å². The molecule has 0 radical (unpaired) electrons. The molecule has 0 saturated carbocycles. The van der Waals surface area contributed by atoms with Gasteiger partial charge in [-0.3, -0.25) is 0 Å². The van der Waals surface area contributed by atoms with E-state index in [1.165, 1.54) is 24.5 Å². The zero-order valence-electron chi connectivity index (χ0n) is 11.1. The summed E-state index contributed by atoms with van der Waals surface area (Å²) in [5.74, 6) is 0.280. The van der Waals surface area contributed by atoms with E-state index in [-0.39, 0.29) is 10.7 Å². The molecular weight excluding hydrogens is 343 g/mol. The van der Waals surface area contributed by atoms with Gasteiger partial charge in [0.15, 0.2) is 5.82 Å². The van der Waals surface area contributed by atoms with Gasteiger partial charge in [0.2, 0.25) is 0 Å². The van der Waals surface area contributed by atoms with Crippen molar-refractivity contribution in [1.29, 1.82) is 0 Å². The predicted molar refractivity (Wildman–Crippen MR) is 86.7 cm³/mol. The second-order valence-corrected chi connectivity index (χ2v) is 7.12. The van der Waals surface area contributed by atoms with E-state index in [1.807, 2.05) is 0 Å². The first-order valence-corrected chi connectivity index (χ1v) is 8.49. The molecule has 0 aliphatic heterocycles. The highest BCUT2D eigenvalue weighted by molar-refractivity contribution is 7.90. The van der Waals surface area contributed by atoms with E-state index in [4.69, 9.17) is 23.2 Å². The number of hydrogen-bond acceptors (Lipinski definition) is 3. The second-order valence-electron chi connectivity index (χ2n) is 4.49. The summed E-state index contributed by atoms with van der Waals surface area (Å²) in [6.07, 6.45) is 2.83. The fourth-order valence-corrected chi connectivity index (χ4v) is 3.65. The zero-order chi connectivity index (χ0) is 15.7. The highest BCUT2D eigenvalue weighted by Gasteiger charge is 2.21. The Morgan fingerprint density at radius 3 is 2.36 bits per heavy atom. The summed E-state index contributed by atoms with van der Waals surface area (Å²) in [4.78, 5) is 4.32. The maximum absolute atomic E-state index is 12.7. The molecule has 3 rings (SSSR count). The van der Waals surface area contributed by atoms with Crippen LogP contribution in [0.1, 0.15) is 0 Å². The van der Waals surface area contributed by atoms with Crippen LogP contribution in [-0.4, -0.2) is 17.4 Å². The zero-order valence-corrected chi connectivity index (χ0v) is 13.5. The molecule has 1 aromatic heterocycles. The molecule has 0 bridgehead atoms. The van der Waals surface area contributed by atoms with Crippen molar-refractivity contribution < 1.29 is 8.42 Å². The van der Waals surface area contributed by atoms with E-state index in [0.717, 1.165) is 3.97 Å². The van der Waals surface area contributed by atoms with Crippen molar-refractivity contribution in [3.8, 4) is 11.4 Å². The fraction of sp³-hybridized carbons (Fsp3) is 0. The largest absolute Gasteiger partial charge is 0.269 e. The minimum atomic E-state index is -3.72. The Bertz CT molecular complexity index is 922. The minimum absolute atomic E-state index is 0.189. The van der Waals surface area contributed by atoms with Crippen LogP contribution < -0.4 is 0 Å². The summed E-state index contributed by atoms with van der Waals surface area (Å²) in [7, 11) is -3.72. The van der Waals surface area contributed by atoms with Crippen molar-refractivity contribution >= 4 is 33.2 Å². The molecule has 112 valence electrons. The van der Waals surface area contributed by atoms with E-state index in [0.29, 0.717) is 15.6 Å². The normalized spacial score (nSPS) is 11.5. The number of hydrogen-bond donors (Lipinski definition) is 0. The SMILES string of the molecule is O=S(=O)(c1ccccc1)n1ccnc1-c1ccc(Cl)c(Cl)c1. The molecule has 0 saturated heterocycles. The van der Waals surface area contributed by atoms with Crippen molar-refractivity contribution in [3.05, 3.63) is 71.0 Å². The summed E-state index contributed by atoms with van der Waals surface area (Å²) in [6, 6.07) is 13.0. The van der Waals surface area contributed by atoms with E-state index >= 15 is 0 Å². The molecule has 0 unspecified atom stereocenters. The third-order valence-corrected chi connectivity index (χ3v) is 5.50. The van der Waals surface area contributed by atoms with Crippen molar-refractivity contribution in [2.45, 2.75) is 4.90 Å². The average molecular weight is 353 g/mol. The molecule has 22 heavy (non-hydrogen) atoms. The van der Waals surface area contributed by atoms with Gasteiger partial charge in [0, 0.05) is 18.0 Å². The minimum Gasteiger partial charge on any atom is -0.236 e. The Morgan fingerprint density at radius 2 is 1.68 bits per heavy atom. The number of imidazole rings is 1. The lowest BCUT2D eigenvalue weighted by Gasteiger charge is -2.09. The molecular formula is C15H10Cl2N2O2S. The third-order valence-electron chi connectivity index (χ3n) is 3.09. The Balaban J connectivity index is 2.15. The monoisotopic (exact) mass is 352 g/mol. The van der Waals surface area contributed by atoms with Crippen molar-refractivity contribution in [1.82, 2.24) is 8.96 Å². The molecule has 0 N–H and O–H groups in total. The highest BCUT2D eigenvalue weighted by Crippen LogP contribution is 2.29. The van der Waals surface area contributed by atoms with Crippen molar-refractivity contribution in [2.24, 2.45) is 0 Å². The van der Waals surface area contributed by atoms with Crippen LogP contribution in [0.25, 0.3) is 11.4 Å². The van der Waals surface area contributed by atoms with Gasteiger partial charge in [-0.1, -0.05) is 41.4 Å². The molecule has 0 amide bonds. The van der Waals surface area contributed by atoms with Gasteiger partial charge in [0.1, 0.15) is 0 Å². The van der Waals surface area contributed by atoms with Crippen LogP contribution in [0.3, 0.4) is 0 Å². The third kappa shape index (κ3) is 2.63. The maximum atomic E-state index is 12.7. The number of benzene rings is 2. The lowest BCUT2D eigenvalue weighted by Crippen LogP contribution is -2.13. The summed E-state index contributed by atoms with van der Waals surface area (Å²) in [5, 5.41) is 0.736. The molecule has 0 spiro atoms. The number of nitrogens with zero attached hydrogens (tertiary/aromatic N) is 2. The van der Waals surface area contributed by atoms with Gasteiger partial charge in [-0.05, 0) is 30.3 Å². The molecule has 0 atom stereocenters. The van der Waals surface area contributed by atoms with Crippen LogP contribution in [0.2, 0.25) is 10.0 Å². The quantitative estimate of drug-likeness (QED) is 0.713. The molecule has 0 aliphatic carbocycles. The van der Waals surface area contributed by atoms with Gasteiger partial charge in [-0.25, -0.2) is 17.4 Å². The topological polar surface area (TPSA) is 52.0 Å². The average Bonchev–Trinajstić information content (AvgIpc) is 3.01. The van der Waals surface area contributed by atoms with Crippen LogP contribution in [-0.2, 0) is 10.0 Å². The number of halogens is 2. The van der Waals surface area contributed by atoms with Gasteiger partial charge in [0.05, 0.1) is 14.9 Å². The Kier molecular flexibility index (Phi) is 3.95. The van der Waals surface area contributed by atoms with Crippen LogP contribution in [0.15, 0.2) is 65.8 Å². The summed E-state index contributed by atoms with van der Waals surface area (Å²) < 4.78 is 26.5. The first-order valence-electron chi connectivity index (χ1n) is 6.29. The summed E-state index contributed by atoms with van der Waals surface area (Å²) in [6.45, 7) is 0. The van der Waals surface area contributed by atoms with Crippen LogP contribution >= 0.6 is 23.2 Å². The van der Waals surface area contributed by atoms with Crippen LogP contribution in [0.4, 0.5) is 0 Å². The van der Waals surface area contributed by atoms with Gasteiger partial charge < -0.3 is 0 Å². The molecule has 4 nitrogen and oxygen atoms in total. The van der Waals surface area contributed by atoms with Gasteiger partial charge in [-0.15, -0.1) is 0 Å². The molecule has 2 aromatic carbocycles. The second kappa shape index (κ2) is 5.76. The van der Waals surface area contributed by atoms with Gasteiger partial charge in [0.25, 0.3) is 10.0 Å². The molecule has 1 heterocycles. The number of aromatic nitrogens is 2. The van der Waals surface area contributed by atoms with E-state index in [2.05, 4.69) is 4.98 Å². The number of rotatable bonds is 3. The van der Waals surface area contributed by atoms with Crippen LogP contribution in [0.5, 0.6) is 0 Å². The standard InChI is InChI=1S/C15H10Cl2N2O2S/c16-13-7-6-11(10-14(13)17)15-18-8-9-19(15)22(20,21)12-4-2-1-3-5-12/h1-10H. The highest BCUT2D eigenvalue weighted by atomic mass is 35.5. The molecule has 3 aromatic rings. The lowest BCUT2D eigenvalue weighted by atomic mass is 10.2. The van der Waals surface area contributed by atoms with E-state index < -0.39 is 10.0 Å². The Labute approximate surface area is 138 Å². The molecule has 0 aliphatic rings. The Morgan fingerprint density at radius 1 is 0.955 bits per heavy atom. The first kappa shape index (κ1) is 15.1. The fourth-order valence-electron chi connectivity index (χ4n) is 2.03. The van der Waals surface area contributed by atoms with Crippen LogP contribution in [0, 0.1) is 0 Å². The maximum Gasteiger partial charge on any atom is 0.269 e.